The van der Waals surface area contributed by atoms with Crippen LogP contribution >= 0.6 is 23.6 Å². The molecule has 10 nitrogen and oxygen atoms in total. The van der Waals surface area contributed by atoms with Gasteiger partial charge in [-0.3, -0.25) is 14.8 Å². The van der Waals surface area contributed by atoms with E-state index >= 15 is 0 Å². The highest BCUT2D eigenvalue weighted by molar-refractivity contribution is 7.93. The summed E-state index contributed by atoms with van der Waals surface area (Å²) in [5.41, 5.74) is 3.27. The van der Waals surface area contributed by atoms with E-state index < -0.39 is 0 Å². The largest absolute Gasteiger partial charge is 0.492 e. The minimum Gasteiger partial charge on any atom is -0.492 e. The van der Waals surface area contributed by atoms with Crippen LogP contribution in [-0.2, 0) is 11.4 Å². The molecule has 1 aliphatic rings. The number of hydrogen-bond donors (Lipinski definition) is 3. The van der Waals surface area contributed by atoms with Crippen molar-refractivity contribution in [3.05, 3.63) is 89.9 Å². The van der Waals surface area contributed by atoms with Crippen LogP contribution in [0.4, 0.5) is 17.1 Å². The molecule has 2 aromatic carbocycles. The zero-order chi connectivity index (χ0) is 34.6. The van der Waals surface area contributed by atoms with E-state index in [0.717, 1.165) is 17.7 Å². The maximum absolute atomic E-state index is 12.0. The molecule has 0 saturated carbocycles. The Labute approximate surface area is 287 Å². The molecule has 2 aromatic heterocycles. The third-order valence-corrected chi connectivity index (χ3v) is 6.76. The van der Waals surface area contributed by atoms with E-state index in [2.05, 4.69) is 45.2 Å². The first-order valence-corrected chi connectivity index (χ1v) is 16.8. The van der Waals surface area contributed by atoms with Crippen LogP contribution in [0.5, 0.6) is 11.5 Å². The number of hydrogen-bond acceptors (Lipinski definition) is 10. The van der Waals surface area contributed by atoms with Crippen LogP contribution < -0.4 is 20.1 Å². The Bertz CT molecular complexity index is 1610. The number of aromatic nitrogens is 2. The average Bonchev–Trinajstić information content (AvgIpc) is 3.58. The topological polar surface area (TPSA) is 133 Å². The van der Waals surface area contributed by atoms with Crippen LogP contribution in [0.15, 0.2) is 73.6 Å². The quantitative estimate of drug-likeness (QED) is 0.117. The molecule has 0 spiro atoms. The normalized spacial score (nSPS) is 11.7. The number of nitriles is 1. The van der Waals surface area contributed by atoms with Crippen molar-refractivity contribution in [1.29, 1.82) is 5.26 Å². The second-order valence-electron chi connectivity index (χ2n) is 9.72. The van der Waals surface area contributed by atoms with Crippen molar-refractivity contribution in [2.75, 3.05) is 43.6 Å². The van der Waals surface area contributed by atoms with E-state index in [4.69, 9.17) is 25.6 Å². The van der Waals surface area contributed by atoms with Gasteiger partial charge in [0, 0.05) is 35.8 Å². The molecule has 4 aromatic rings. The molecule has 1 aliphatic heterocycles. The fraction of sp³-hybridized carbons (Fsp3) is 0.314. The van der Waals surface area contributed by atoms with Crippen molar-refractivity contribution < 1.29 is 18.8 Å². The predicted octanol–water partition coefficient (Wildman–Crippen LogP) is 8.56. The fourth-order valence-electron chi connectivity index (χ4n) is 4.35. The highest BCUT2D eigenvalue weighted by atomic mass is 35.5. The van der Waals surface area contributed by atoms with E-state index in [1.807, 2.05) is 39.0 Å². The number of anilines is 3. The monoisotopic (exact) mass is 678 g/mol. The number of nitrogens with zero attached hydrogens (tertiary/aromatic N) is 4. The maximum Gasteiger partial charge on any atom is 0.247 e. The number of amides is 1. The van der Waals surface area contributed by atoms with Crippen LogP contribution in [-0.4, -0.2) is 58.3 Å². The number of rotatable bonds is 9. The first kappa shape index (κ1) is 38.8. The van der Waals surface area contributed by atoms with Gasteiger partial charge in [0.25, 0.3) is 0 Å². The van der Waals surface area contributed by atoms with Crippen LogP contribution in [0.2, 0.25) is 5.02 Å². The molecule has 0 aliphatic carbocycles. The number of pyridine rings is 2. The van der Waals surface area contributed by atoms with E-state index in [-0.39, 0.29) is 12.5 Å². The lowest BCUT2D eigenvalue weighted by Gasteiger charge is -2.16. The molecule has 0 radical (unpaired) electrons. The maximum atomic E-state index is 12.0. The van der Waals surface area contributed by atoms with Crippen molar-refractivity contribution in [3.8, 4) is 17.6 Å². The summed E-state index contributed by atoms with van der Waals surface area (Å²) in [5, 5.41) is 16.8. The zero-order valence-electron chi connectivity index (χ0n) is 27.5. The first-order valence-electron chi connectivity index (χ1n) is 15.2. The Morgan fingerprint density at radius 3 is 2.43 bits per heavy atom. The standard InChI is InChI=1S/C27H22ClN5O3.C5H11N.C2H6.CH4OS/c1-3-26(34)33-23-12-20-22(13-25(23)35-4-2)31-15-17(14-29)27(20)32-18-8-9-24(21(28)11-18)36-16-19-7-5-6-10-30-19;1-6-4-2-3-5-6;1-2;1-3-2/h3,5-13,15H,1,4,16H2,2H3,(H,31,32)(H,33,34);2-5H2,1H3;1-2H3;2H,1H3. The molecule has 5 rings (SSSR count). The van der Waals surface area contributed by atoms with Gasteiger partial charge in [0.2, 0.25) is 5.91 Å². The van der Waals surface area contributed by atoms with Gasteiger partial charge in [0.1, 0.15) is 24.2 Å². The Morgan fingerprint density at radius 2 is 1.87 bits per heavy atom. The Hall–Kier alpha value is -4.34. The number of carbonyl (C=O) groups is 1. The van der Waals surface area contributed by atoms with Gasteiger partial charge in [0.05, 0.1) is 39.8 Å². The molecule has 12 heteroatoms. The summed E-state index contributed by atoms with van der Waals surface area (Å²) in [6.07, 6.45) is 8.77. The molecule has 1 amide bonds. The molecule has 250 valence electrons. The second-order valence-corrected chi connectivity index (χ2v) is 10.5. The lowest BCUT2D eigenvalue weighted by molar-refractivity contribution is -0.111. The molecule has 0 atom stereocenters. The van der Waals surface area contributed by atoms with E-state index in [1.165, 1.54) is 38.2 Å². The van der Waals surface area contributed by atoms with Crippen molar-refractivity contribution in [2.24, 2.45) is 0 Å². The van der Waals surface area contributed by atoms with Gasteiger partial charge in [-0.15, -0.1) is 0 Å². The lowest BCUT2D eigenvalue weighted by Crippen LogP contribution is -2.10. The molecule has 3 heterocycles. The molecule has 0 bridgehead atoms. The van der Waals surface area contributed by atoms with Gasteiger partial charge in [-0.05, 0) is 94.4 Å². The molecular formula is C35H43ClN6O4S. The van der Waals surface area contributed by atoms with Gasteiger partial charge >= 0.3 is 0 Å². The summed E-state index contributed by atoms with van der Waals surface area (Å²) in [6.45, 7) is 12.7. The predicted molar refractivity (Wildman–Crippen MR) is 194 cm³/mol. The SMILES string of the molecule is C=CC(=O)Nc1cc2c(Nc3ccc(OCc4ccccn4)c(Cl)c3)c(C#N)cnc2cc1OCC.CC.CN1CCCC1.CSO. The molecular weight excluding hydrogens is 636 g/mol. The highest BCUT2D eigenvalue weighted by Crippen LogP contribution is 2.37. The van der Waals surface area contributed by atoms with Crippen LogP contribution in [0.3, 0.4) is 0 Å². The summed E-state index contributed by atoms with van der Waals surface area (Å²) in [4.78, 5) is 23.0. The highest BCUT2D eigenvalue weighted by Gasteiger charge is 2.16. The summed E-state index contributed by atoms with van der Waals surface area (Å²) in [7, 11) is 2.17. The van der Waals surface area contributed by atoms with E-state index in [0.29, 0.717) is 56.7 Å². The fourth-order valence-corrected chi connectivity index (χ4v) is 4.58. The van der Waals surface area contributed by atoms with Gasteiger partial charge < -0.3 is 29.6 Å². The Kier molecular flexibility index (Phi) is 17.7. The number of likely N-dealkylation sites (tertiary alicyclic amines) is 1. The van der Waals surface area contributed by atoms with Crippen LogP contribution in [0, 0.1) is 11.3 Å². The van der Waals surface area contributed by atoms with Crippen LogP contribution in [0.1, 0.15) is 44.9 Å². The molecule has 0 unspecified atom stereocenters. The minimum absolute atomic E-state index is 0.280. The lowest BCUT2D eigenvalue weighted by atomic mass is 10.1. The average molecular weight is 679 g/mol. The third kappa shape index (κ3) is 12.4. The molecule has 3 N–H and O–H groups in total. The Balaban J connectivity index is 0.000000602. The number of fused-ring (bicyclic) bond motifs is 1. The van der Waals surface area contributed by atoms with Crippen molar-refractivity contribution in [3.63, 3.8) is 0 Å². The smallest absolute Gasteiger partial charge is 0.247 e. The number of carbonyl (C=O) groups excluding carboxylic acids is 1. The van der Waals surface area contributed by atoms with Crippen molar-refractivity contribution in [1.82, 2.24) is 14.9 Å². The number of ether oxygens (including phenoxy) is 2. The van der Waals surface area contributed by atoms with Gasteiger partial charge in [0.15, 0.2) is 0 Å². The van der Waals surface area contributed by atoms with E-state index in [1.54, 1.807) is 42.8 Å². The summed E-state index contributed by atoms with van der Waals surface area (Å²) < 4.78 is 19.0. The minimum atomic E-state index is -0.387. The van der Waals surface area contributed by atoms with Gasteiger partial charge in [-0.1, -0.05) is 38.1 Å². The van der Waals surface area contributed by atoms with Gasteiger partial charge in [-0.2, -0.15) is 5.26 Å². The van der Waals surface area contributed by atoms with Gasteiger partial charge in [-0.25, -0.2) is 0 Å². The number of halogens is 1. The third-order valence-electron chi connectivity index (χ3n) is 6.47. The molecule has 1 saturated heterocycles. The number of nitrogens with one attached hydrogen (secondary N) is 2. The van der Waals surface area contributed by atoms with E-state index in [9.17, 15) is 10.1 Å². The molecule has 1 fully saturated rings. The van der Waals surface area contributed by atoms with Crippen molar-refractivity contribution in [2.45, 2.75) is 40.2 Å². The summed E-state index contributed by atoms with van der Waals surface area (Å²) >= 11 is 7.22. The second kappa shape index (κ2) is 21.5. The van der Waals surface area contributed by atoms with Crippen LogP contribution in [0.25, 0.3) is 10.9 Å². The Morgan fingerprint density at radius 1 is 1.15 bits per heavy atom. The number of benzene rings is 2. The first-order chi connectivity index (χ1) is 22.8. The summed E-state index contributed by atoms with van der Waals surface area (Å²) in [6, 6.07) is 16.4. The zero-order valence-corrected chi connectivity index (χ0v) is 29.1. The van der Waals surface area contributed by atoms with Crippen molar-refractivity contribution >= 4 is 57.5 Å². The molecule has 47 heavy (non-hydrogen) atoms. The summed E-state index contributed by atoms with van der Waals surface area (Å²) in [5.74, 6) is 0.576.